The van der Waals surface area contributed by atoms with E-state index in [0.717, 1.165) is 12.1 Å². The topological polar surface area (TPSA) is 66.5 Å². The quantitative estimate of drug-likeness (QED) is 0.891. The Morgan fingerprint density at radius 1 is 1.26 bits per heavy atom. The van der Waals surface area contributed by atoms with Crippen molar-refractivity contribution >= 4 is 15.9 Å². The Kier molecular flexibility index (Phi) is 4.65. The van der Waals surface area contributed by atoms with Gasteiger partial charge in [0.15, 0.2) is 0 Å². The molecule has 0 fully saturated rings. The van der Waals surface area contributed by atoms with Crippen LogP contribution in [0.4, 0.5) is 4.39 Å². The van der Waals surface area contributed by atoms with E-state index in [0.29, 0.717) is 11.1 Å². The maximum Gasteiger partial charge on any atom is 0.241 e. The van der Waals surface area contributed by atoms with Gasteiger partial charge in [0.1, 0.15) is 5.82 Å². The van der Waals surface area contributed by atoms with Gasteiger partial charge in [-0.1, -0.05) is 0 Å². The third-order valence-electron chi connectivity index (χ3n) is 2.61. The van der Waals surface area contributed by atoms with Gasteiger partial charge in [0.2, 0.25) is 15.9 Å². The zero-order valence-electron chi connectivity index (χ0n) is 11.3. The normalized spacial score (nSPS) is 11.4. The number of nitrogens with one attached hydrogen (secondary N) is 1. The third kappa shape index (κ3) is 3.74. The third-order valence-corrected chi connectivity index (χ3v) is 4.31. The van der Waals surface area contributed by atoms with E-state index in [1.807, 2.05) is 0 Å². The fourth-order valence-corrected chi connectivity index (χ4v) is 3.13. The summed E-state index contributed by atoms with van der Waals surface area (Å²) < 4.78 is 39.6. The van der Waals surface area contributed by atoms with Gasteiger partial charge < -0.3 is 4.90 Å². The van der Waals surface area contributed by atoms with Crippen LogP contribution < -0.4 is 4.72 Å². The lowest BCUT2D eigenvalue weighted by Gasteiger charge is -2.14. The molecule has 0 saturated heterocycles. The van der Waals surface area contributed by atoms with Crippen LogP contribution in [-0.2, 0) is 14.8 Å². The second-order valence-electron chi connectivity index (χ2n) is 4.48. The highest BCUT2D eigenvalue weighted by molar-refractivity contribution is 7.89. The summed E-state index contributed by atoms with van der Waals surface area (Å²) in [6, 6.07) is 2.30. The molecular formula is C12H17FN2O3S. The van der Waals surface area contributed by atoms with Crippen molar-refractivity contribution in [2.75, 3.05) is 20.6 Å². The monoisotopic (exact) mass is 288 g/mol. The molecule has 0 aliphatic heterocycles. The highest BCUT2D eigenvalue weighted by Crippen LogP contribution is 2.20. The number of hydrogen-bond acceptors (Lipinski definition) is 3. The first kappa shape index (κ1) is 15.6. The SMILES string of the molecule is Cc1cc(F)cc(C)c1S(=O)(=O)NCC(=O)N(C)C. The van der Waals surface area contributed by atoms with Gasteiger partial charge in [-0.05, 0) is 37.1 Å². The summed E-state index contributed by atoms with van der Waals surface area (Å²) >= 11 is 0. The van der Waals surface area contributed by atoms with Crippen molar-refractivity contribution in [3.63, 3.8) is 0 Å². The number of sulfonamides is 1. The average molecular weight is 288 g/mol. The maximum atomic E-state index is 13.1. The first-order chi connectivity index (χ1) is 8.65. The Morgan fingerprint density at radius 3 is 2.16 bits per heavy atom. The van der Waals surface area contributed by atoms with Crippen LogP contribution in [0.15, 0.2) is 17.0 Å². The first-order valence-electron chi connectivity index (χ1n) is 5.61. The summed E-state index contributed by atoms with van der Waals surface area (Å²) in [4.78, 5) is 12.7. The lowest BCUT2D eigenvalue weighted by atomic mass is 10.1. The molecule has 0 radical (unpaired) electrons. The van der Waals surface area contributed by atoms with Crippen LogP contribution >= 0.6 is 0 Å². The number of nitrogens with zero attached hydrogens (tertiary/aromatic N) is 1. The molecular weight excluding hydrogens is 271 g/mol. The molecule has 19 heavy (non-hydrogen) atoms. The number of likely N-dealkylation sites (N-methyl/N-ethyl adjacent to an activating group) is 1. The van der Waals surface area contributed by atoms with E-state index < -0.39 is 15.8 Å². The van der Waals surface area contributed by atoms with Crippen molar-refractivity contribution in [1.82, 2.24) is 9.62 Å². The molecule has 0 aliphatic carbocycles. The highest BCUT2D eigenvalue weighted by atomic mass is 32.2. The van der Waals surface area contributed by atoms with Gasteiger partial charge in [0.05, 0.1) is 11.4 Å². The van der Waals surface area contributed by atoms with Gasteiger partial charge in [-0.3, -0.25) is 4.79 Å². The van der Waals surface area contributed by atoms with Crippen LogP contribution in [0, 0.1) is 19.7 Å². The summed E-state index contributed by atoms with van der Waals surface area (Å²) in [6.07, 6.45) is 0. The standard InChI is InChI=1S/C12H17FN2O3S/c1-8-5-10(13)6-9(2)12(8)19(17,18)14-7-11(16)15(3)4/h5-6,14H,7H2,1-4H3. The second-order valence-corrected chi connectivity index (χ2v) is 6.19. The minimum absolute atomic E-state index is 0.0143. The first-order valence-corrected chi connectivity index (χ1v) is 7.10. The van der Waals surface area contributed by atoms with Crippen molar-refractivity contribution < 1.29 is 17.6 Å². The second kappa shape index (κ2) is 5.66. The zero-order chi connectivity index (χ0) is 14.8. The average Bonchev–Trinajstić information content (AvgIpc) is 2.23. The van der Waals surface area contributed by atoms with Crippen molar-refractivity contribution in [2.45, 2.75) is 18.7 Å². The van der Waals surface area contributed by atoms with E-state index in [2.05, 4.69) is 4.72 Å². The fourth-order valence-electron chi connectivity index (χ4n) is 1.71. The number of amides is 1. The summed E-state index contributed by atoms with van der Waals surface area (Å²) in [5, 5.41) is 0. The lowest BCUT2D eigenvalue weighted by Crippen LogP contribution is -2.36. The minimum Gasteiger partial charge on any atom is -0.348 e. The molecule has 1 N–H and O–H groups in total. The number of benzene rings is 1. The molecule has 0 aromatic heterocycles. The predicted octanol–water partition coefficient (Wildman–Crippen LogP) is 0.809. The Balaban J connectivity index is 3.05. The minimum atomic E-state index is -3.83. The lowest BCUT2D eigenvalue weighted by molar-refractivity contribution is -0.127. The van der Waals surface area contributed by atoms with E-state index in [1.165, 1.54) is 32.8 Å². The molecule has 0 heterocycles. The van der Waals surface area contributed by atoms with Gasteiger partial charge in [-0.15, -0.1) is 0 Å². The van der Waals surface area contributed by atoms with Crippen LogP contribution in [0.5, 0.6) is 0 Å². The number of hydrogen-bond donors (Lipinski definition) is 1. The Hall–Kier alpha value is -1.47. The molecule has 0 aliphatic rings. The van der Waals surface area contributed by atoms with E-state index in [4.69, 9.17) is 0 Å². The van der Waals surface area contributed by atoms with Crippen molar-refractivity contribution in [2.24, 2.45) is 0 Å². The number of carbonyl (C=O) groups is 1. The zero-order valence-corrected chi connectivity index (χ0v) is 12.1. The van der Waals surface area contributed by atoms with E-state index in [9.17, 15) is 17.6 Å². The van der Waals surface area contributed by atoms with Crippen LogP contribution in [0.25, 0.3) is 0 Å². The molecule has 7 heteroatoms. The molecule has 5 nitrogen and oxygen atoms in total. The van der Waals surface area contributed by atoms with Crippen LogP contribution in [0.1, 0.15) is 11.1 Å². The van der Waals surface area contributed by atoms with Gasteiger partial charge in [0, 0.05) is 14.1 Å². The molecule has 0 atom stereocenters. The molecule has 0 saturated carbocycles. The van der Waals surface area contributed by atoms with Gasteiger partial charge in [-0.25, -0.2) is 17.5 Å². The molecule has 0 unspecified atom stereocenters. The molecule has 1 aromatic rings. The fraction of sp³-hybridized carbons (Fsp3) is 0.417. The summed E-state index contributed by atoms with van der Waals surface area (Å²) in [6.45, 7) is 2.70. The summed E-state index contributed by atoms with van der Waals surface area (Å²) in [7, 11) is -0.766. The maximum absolute atomic E-state index is 13.1. The number of aryl methyl sites for hydroxylation is 2. The number of carbonyl (C=O) groups excluding carboxylic acids is 1. The van der Waals surface area contributed by atoms with Crippen molar-refractivity contribution in [3.05, 3.63) is 29.1 Å². The van der Waals surface area contributed by atoms with Gasteiger partial charge >= 0.3 is 0 Å². The predicted molar refractivity (Wildman–Crippen MR) is 69.8 cm³/mol. The van der Waals surface area contributed by atoms with E-state index in [1.54, 1.807) is 0 Å². The molecule has 0 bridgehead atoms. The van der Waals surface area contributed by atoms with Crippen molar-refractivity contribution in [1.29, 1.82) is 0 Å². The Morgan fingerprint density at radius 2 is 1.74 bits per heavy atom. The molecule has 1 amide bonds. The molecule has 0 spiro atoms. The molecule has 106 valence electrons. The van der Waals surface area contributed by atoms with Gasteiger partial charge in [-0.2, -0.15) is 0 Å². The molecule has 1 rings (SSSR count). The summed E-state index contributed by atoms with van der Waals surface area (Å²) in [5.41, 5.74) is 0.615. The number of rotatable bonds is 4. The van der Waals surface area contributed by atoms with E-state index in [-0.39, 0.29) is 17.3 Å². The van der Waals surface area contributed by atoms with Crippen LogP contribution in [0.3, 0.4) is 0 Å². The highest BCUT2D eigenvalue weighted by Gasteiger charge is 2.21. The van der Waals surface area contributed by atoms with Crippen molar-refractivity contribution in [3.8, 4) is 0 Å². The summed E-state index contributed by atoms with van der Waals surface area (Å²) in [5.74, 6) is -0.848. The smallest absolute Gasteiger partial charge is 0.241 e. The molecule has 1 aromatic carbocycles. The number of halogens is 1. The van der Waals surface area contributed by atoms with Crippen LogP contribution in [-0.4, -0.2) is 39.9 Å². The largest absolute Gasteiger partial charge is 0.348 e. The Bertz CT molecular complexity index is 574. The van der Waals surface area contributed by atoms with Gasteiger partial charge in [0.25, 0.3) is 0 Å². The Labute approximate surface area is 112 Å². The van der Waals surface area contributed by atoms with Crippen LogP contribution in [0.2, 0.25) is 0 Å². The van der Waals surface area contributed by atoms with E-state index >= 15 is 0 Å².